The van der Waals surface area contributed by atoms with E-state index in [9.17, 15) is 0 Å². The molecule has 3 atom stereocenters. The molecule has 3 unspecified atom stereocenters. The van der Waals surface area contributed by atoms with Crippen molar-refractivity contribution < 1.29 is 0 Å². The Balaban J connectivity index is 0.0000000864. The third-order valence-corrected chi connectivity index (χ3v) is 23.7. The van der Waals surface area contributed by atoms with E-state index in [2.05, 4.69) is 0 Å². The molecular weight excluding hydrogens is 745 g/mol. The van der Waals surface area contributed by atoms with Gasteiger partial charge in [-0.15, -0.1) is 0 Å². The van der Waals surface area contributed by atoms with Gasteiger partial charge < -0.3 is 0 Å². The summed E-state index contributed by atoms with van der Waals surface area (Å²) in [6, 6.07) is 0. The van der Waals surface area contributed by atoms with E-state index in [1.54, 1.807) is 257 Å². The summed E-state index contributed by atoms with van der Waals surface area (Å²) in [5, 5.41) is 0. The molecule has 19 aliphatic carbocycles. The molecule has 19 saturated carbocycles. The minimum atomic E-state index is 0.972. The number of hydrogen-bond donors (Lipinski definition) is 0. The van der Waals surface area contributed by atoms with E-state index in [-0.39, 0.29) is 0 Å². The van der Waals surface area contributed by atoms with Gasteiger partial charge in [0.15, 0.2) is 0 Å². The summed E-state index contributed by atoms with van der Waals surface area (Å²) in [4.78, 5) is 0. The summed E-state index contributed by atoms with van der Waals surface area (Å²) < 4.78 is 0. The maximum Gasteiger partial charge on any atom is -0.0241 e. The van der Waals surface area contributed by atoms with Gasteiger partial charge in [-0.05, 0) is 184 Å². The Bertz CT molecular complexity index is 1140. The fraction of sp³-hybridized carbons (Fsp3) is 1.00. The number of hydrogen-bond acceptors (Lipinski definition) is 0. The van der Waals surface area contributed by atoms with Crippen LogP contribution in [0.1, 0.15) is 289 Å². The first-order valence-corrected chi connectivity index (χ1v) is 30.6. The van der Waals surface area contributed by atoms with E-state index >= 15 is 0 Å². The van der Waals surface area contributed by atoms with Crippen molar-refractivity contribution in [2.75, 3.05) is 0 Å². The first-order valence-electron chi connectivity index (χ1n) is 30.6. The van der Waals surface area contributed by atoms with Crippen LogP contribution in [-0.4, -0.2) is 0 Å². The summed E-state index contributed by atoms with van der Waals surface area (Å²) in [5.41, 5.74) is 0.972. The molecule has 0 nitrogen and oxygen atoms in total. The van der Waals surface area contributed by atoms with E-state index in [0.29, 0.717) is 0 Å². The van der Waals surface area contributed by atoms with E-state index in [4.69, 9.17) is 0 Å². The van der Waals surface area contributed by atoms with Crippen LogP contribution in [-0.2, 0) is 0 Å². The van der Waals surface area contributed by atoms with Crippen LogP contribution in [0.15, 0.2) is 0 Å². The molecule has 19 aliphatic rings. The molecule has 0 radical (unpaired) electrons. The summed E-state index contributed by atoms with van der Waals surface area (Å²) in [7, 11) is 0. The summed E-state index contributed by atoms with van der Waals surface area (Å²) >= 11 is 0. The molecule has 19 fully saturated rings. The lowest BCUT2D eigenvalue weighted by Gasteiger charge is -2.61. The van der Waals surface area contributed by atoms with Crippen molar-refractivity contribution in [1.29, 1.82) is 0 Å². The van der Waals surface area contributed by atoms with Crippen LogP contribution in [0.2, 0.25) is 0 Å². The van der Waals surface area contributed by atoms with Crippen molar-refractivity contribution in [3.63, 3.8) is 0 Å². The van der Waals surface area contributed by atoms with Crippen molar-refractivity contribution in [1.82, 2.24) is 0 Å². The molecule has 0 heterocycles. The van der Waals surface area contributed by atoms with Crippen LogP contribution in [0.4, 0.5) is 0 Å². The van der Waals surface area contributed by atoms with Gasteiger partial charge >= 0.3 is 0 Å². The van der Waals surface area contributed by atoms with E-state index in [1.165, 1.54) is 79.4 Å². The Morgan fingerprint density at radius 2 is 0.403 bits per heavy atom. The van der Waals surface area contributed by atoms with Gasteiger partial charge in [-0.3, -0.25) is 0 Å². The minimum absolute atomic E-state index is 0.972. The van der Waals surface area contributed by atoms with Crippen molar-refractivity contribution in [2.24, 2.45) is 100 Å². The molecule has 0 aromatic heterocycles. The third-order valence-electron chi connectivity index (χ3n) is 23.7. The second-order valence-electron chi connectivity index (χ2n) is 27.6. The van der Waals surface area contributed by atoms with Gasteiger partial charge in [0.2, 0.25) is 0 Å². The first-order chi connectivity index (χ1) is 30.6. The van der Waals surface area contributed by atoms with Gasteiger partial charge in [0.25, 0.3) is 0 Å². The van der Waals surface area contributed by atoms with E-state index in [1.807, 2.05) is 0 Å². The van der Waals surface area contributed by atoms with Crippen LogP contribution < -0.4 is 0 Å². The molecule has 0 heteroatoms. The second kappa shape index (κ2) is 22.4. The smallest absolute Gasteiger partial charge is 0.0241 e. The molecule has 1 spiro atoms. The van der Waals surface area contributed by atoms with Crippen molar-refractivity contribution in [2.45, 2.75) is 289 Å². The van der Waals surface area contributed by atoms with Gasteiger partial charge in [-0.25, -0.2) is 0 Å². The van der Waals surface area contributed by atoms with Gasteiger partial charge in [-0.1, -0.05) is 205 Å². The quantitative estimate of drug-likeness (QED) is 0.228. The number of rotatable bonds is 0. The zero-order valence-electron chi connectivity index (χ0n) is 41.6. The fourth-order valence-electron chi connectivity index (χ4n) is 19.9. The molecule has 19 rings (SSSR count). The SMILES string of the molecule is C1C2CC3CC1CC(C2)C3.C1CC2CC3CCC23C1.C1CC2CCC(C1)CC2.C1CC2CCC1C2.C1CC2CCC1CC2.C1CC2CCCC(C1)C2.C1CC2CCCC(C1)CC2. The standard InChI is InChI=1S/C10H16.C10H18.C9H14.2C9H16.C8H14.C7H12/c1-7-2-9-4-8(1)5-10(3-7)6-9;1-3-9-5-2-6-10(4-1)8-7-9;1-2-7-6-8-3-5-9(7,8)4-1;1-3-8-5-2-6-9(4-1)7-8;1-2-8-4-6-9(3-1)7-5-8;1-2-8-5-3-7(1)4-6-8;1-2-7-4-3-6(1)5-7/h7-10H,1-6H2;9-10H,1-8H2;7-8H,1-6H2;2*8-9H,1-7H2;7-8H,1-6H2;6-7H,1-5H2. The molecule has 354 valence electrons. The molecule has 0 N–H and O–H groups in total. The highest BCUT2D eigenvalue weighted by atomic mass is 14.7. The lowest BCUT2D eigenvalue weighted by atomic mass is 9.43. The highest BCUT2D eigenvalue weighted by molar-refractivity contribution is 5.11. The fourth-order valence-corrected chi connectivity index (χ4v) is 19.9. The molecule has 0 saturated heterocycles. The second-order valence-corrected chi connectivity index (χ2v) is 27.6. The Kier molecular flexibility index (Phi) is 16.5. The van der Waals surface area contributed by atoms with E-state index in [0.717, 1.165) is 52.8 Å². The van der Waals surface area contributed by atoms with Gasteiger partial charge in [0, 0.05) is 0 Å². The van der Waals surface area contributed by atoms with Crippen LogP contribution in [0.25, 0.3) is 0 Å². The highest BCUT2D eigenvalue weighted by Gasteiger charge is 2.61. The average molecular weight is 852 g/mol. The molecule has 62 heavy (non-hydrogen) atoms. The van der Waals surface area contributed by atoms with Crippen LogP contribution in [0.5, 0.6) is 0 Å². The topological polar surface area (TPSA) is 0 Å². The zero-order chi connectivity index (χ0) is 41.6. The van der Waals surface area contributed by atoms with Crippen molar-refractivity contribution in [3.05, 3.63) is 0 Å². The normalized spacial score (nSPS) is 48.4. The lowest BCUT2D eigenvalue weighted by Crippen LogP contribution is -2.53. The molecule has 0 aliphatic heterocycles. The predicted molar refractivity (Wildman–Crippen MR) is 266 cm³/mol. The van der Waals surface area contributed by atoms with Crippen molar-refractivity contribution in [3.8, 4) is 0 Å². The minimum Gasteiger partial charge on any atom is -0.0528 e. The Morgan fingerprint density at radius 3 is 0.645 bits per heavy atom. The summed E-state index contributed by atoms with van der Waals surface area (Å²) in [5.74, 6) is 18.6. The Labute approximate surface area is 387 Å². The number of fused-ring (bicyclic) bond motifs is 14. The van der Waals surface area contributed by atoms with Gasteiger partial charge in [0.1, 0.15) is 0 Å². The summed E-state index contributed by atoms with van der Waals surface area (Å²) in [6.45, 7) is 0. The molecule has 0 amide bonds. The molecule has 0 aromatic rings. The third kappa shape index (κ3) is 12.2. The Morgan fingerprint density at radius 1 is 0.161 bits per heavy atom. The van der Waals surface area contributed by atoms with Gasteiger partial charge in [-0.2, -0.15) is 0 Å². The summed E-state index contributed by atoms with van der Waals surface area (Å²) in [6.07, 6.45) is 70.5. The van der Waals surface area contributed by atoms with Crippen LogP contribution >= 0.6 is 0 Å². The average Bonchev–Trinajstić information content (AvgIpc) is 3.83. The van der Waals surface area contributed by atoms with Gasteiger partial charge in [0.05, 0.1) is 0 Å². The highest BCUT2D eigenvalue weighted by Crippen LogP contribution is 2.71. The maximum absolute atomic E-state index is 1.61. The first kappa shape index (κ1) is 45.8. The zero-order valence-corrected chi connectivity index (χ0v) is 41.6. The monoisotopic (exact) mass is 851 g/mol. The predicted octanol–water partition coefficient (Wildman–Crippen LogP) is 19.5. The largest absolute Gasteiger partial charge is 0.0528 e. The van der Waals surface area contributed by atoms with Crippen molar-refractivity contribution >= 4 is 0 Å². The lowest BCUT2D eigenvalue weighted by molar-refractivity contribution is -0.119. The molecular formula is C62H106. The maximum atomic E-state index is 1.61. The molecule has 0 aromatic carbocycles. The molecule has 14 bridgehead atoms. The Hall–Kier alpha value is 0. The van der Waals surface area contributed by atoms with E-state index < -0.39 is 0 Å². The van der Waals surface area contributed by atoms with Crippen LogP contribution in [0.3, 0.4) is 0 Å². The van der Waals surface area contributed by atoms with Crippen LogP contribution in [0, 0.1) is 100 Å².